The van der Waals surface area contributed by atoms with Crippen molar-refractivity contribution in [2.24, 2.45) is 0 Å². The van der Waals surface area contributed by atoms with Gasteiger partial charge in [-0.3, -0.25) is 0 Å². The molecular weight excluding hydrogens is 211 g/mol. The molecule has 0 aliphatic rings. The van der Waals surface area contributed by atoms with Crippen molar-refractivity contribution in [3.05, 3.63) is 48.6 Å². The molecule has 0 aromatic heterocycles. The molecule has 0 atom stereocenters. The summed E-state index contributed by atoms with van der Waals surface area (Å²) in [5, 5.41) is 17.3. The van der Waals surface area contributed by atoms with Crippen LogP contribution >= 0.6 is 0 Å². The molecule has 0 aliphatic carbocycles. The summed E-state index contributed by atoms with van der Waals surface area (Å²) in [6, 6.07) is 5.70. The van der Waals surface area contributed by atoms with Crippen molar-refractivity contribution in [1.82, 2.24) is 0 Å². The van der Waals surface area contributed by atoms with E-state index in [0.717, 1.165) is 5.57 Å². The van der Waals surface area contributed by atoms with E-state index >= 15 is 0 Å². The second-order valence-corrected chi connectivity index (χ2v) is 3.02. The lowest BCUT2D eigenvalue weighted by Gasteiger charge is -1.89. The van der Waals surface area contributed by atoms with Crippen molar-refractivity contribution >= 4 is 0 Å². The first-order valence-corrected chi connectivity index (χ1v) is 4.60. The van der Waals surface area contributed by atoms with Gasteiger partial charge in [-0.25, -0.2) is 0 Å². The van der Waals surface area contributed by atoms with E-state index in [2.05, 4.69) is 11.5 Å². The maximum atomic E-state index is 11.0. The summed E-state index contributed by atoms with van der Waals surface area (Å²) in [6.07, 6.45) is 3.29. The lowest BCUT2D eigenvalue weighted by molar-refractivity contribution is -0.120. The van der Waals surface area contributed by atoms with Gasteiger partial charge in [0.05, 0.1) is 0 Å². The monoisotopic (exact) mass is 226 g/mol. The summed E-state index contributed by atoms with van der Waals surface area (Å²) >= 11 is 0. The molecule has 0 heterocycles. The average Bonchev–Trinajstić information content (AvgIpc) is 2.24. The second kappa shape index (κ2) is 8.49. The standard InChI is InChI=1S/C6H9FO.C6H6O2/c1-3-4-6(2)5-8-7;7-5-1-2-6(8)4-3-5/h3-4H,1,5H2,2H3;1-4,7-8H/b6-4+;. The summed E-state index contributed by atoms with van der Waals surface area (Å²) in [6.45, 7) is 5.23. The number of halogens is 1. The largest absolute Gasteiger partial charge is 0.508 e. The fraction of sp³-hybridized carbons (Fsp3) is 0.167. The maximum Gasteiger partial charge on any atom is 0.115 e. The zero-order valence-electron chi connectivity index (χ0n) is 9.06. The highest BCUT2D eigenvalue weighted by Crippen LogP contribution is 2.13. The molecule has 1 aromatic carbocycles. The van der Waals surface area contributed by atoms with Crippen molar-refractivity contribution in [3.8, 4) is 11.5 Å². The second-order valence-electron chi connectivity index (χ2n) is 3.02. The van der Waals surface area contributed by atoms with E-state index in [1.807, 2.05) is 0 Å². The summed E-state index contributed by atoms with van der Waals surface area (Å²) in [4.78, 5) is 3.34. The summed E-state index contributed by atoms with van der Waals surface area (Å²) in [7, 11) is 0. The molecule has 0 saturated heterocycles. The highest BCUT2D eigenvalue weighted by Gasteiger charge is 1.84. The number of benzene rings is 1. The molecule has 0 unspecified atom stereocenters. The Morgan fingerprint density at radius 1 is 1.31 bits per heavy atom. The molecule has 2 N–H and O–H groups in total. The van der Waals surface area contributed by atoms with Crippen LogP contribution in [-0.4, -0.2) is 16.8 Å². The van der Waals surface area contributed by atoms with E-state index in [9.17, 15) is 4.53 Å². The Kier molecular flexibility index (Phi) is 7.53. The Morgan fingerprint density at radius 2 is 1.75 bits per heavy atom. The van der Waals surface area contributed by atoms with Gasteiger partial charge in [-0.15, -0.1) is 0 Å². The quantitative estimate of drug-likeness (QED) is 0.615. The molecule has 0 spiro atoms. The highest BCUT2D eigenvalue weighted by atomic mass is 19.3. The van der Waals surface area contributed by atoms with Crippen molar-refractivity contribution in [2.45, 2.75) is 6.92 Å². The van der Waals surface area contributed by atoms with E-state index in [1.54, 1.807) is 19.1 Å². The van der Waals surface area contributed by atoms with E-state index in [0.29, 0.717) is 0 Å². The van der Waals surface area contributed by atoms with Crippen LogP contribution in [0.2, 0.25) is 0 Å². The van der Waals surface area contributed by atoms with Crippen molar-refractivity contribution in [2.75, 3.05) is 6.61 Å². The topological polar surface area (TPSA) is 49.7 Å². The van der Waals surface area contributed by atoms with Crippen molar-refractivity contribution in [3.63, 3.8) is 0 Å². The molecule has 16 heavy (non-hydrogen) atoms. The van der Waals surface area contributed by atoms with Crippen LogP contribution in [0.1, 0.15) is 6.92 Å². The summed E-state index contributed by atoms with van der Waals surface area (Å²) in [5.41, 5.74) is 0.822. The number of rotatable bonds is 3. The SMILES string of the molecule is C=C/C=C(\C)COF.Oc1ccc(O)cc1. The van der Waals surface area contributed by atoms with Gasteiger partial charge in [0.15, 0.2) is 0 Å². The number of hydrogen-bond acceptors (Lipinski definition) is 3. The summed E-state index contributed by atoms with van der Waals surface area (Å²) in [5.74, 6) is 0.339. The molecule has 0 saturated carbocycles. The third-order valence-electron chi connectivity index (χ3n) is 1.53. The van der Waals surface area contributed by atoms with Gasteiger partial charge in [0, 0.05) is 0 Å². The number of phenolic OH excluding ortho intramolecular Hbond substituents is 2. The van der Waals surface area contributed by atoms with Gasteiger partial charge in [0.2, 0.25) is 0 Å². The molecule has 0 amide bonds. The van der Waals surface area contributed by atoms with Gasteiger partial charge in [0.25, 0.3) is 0 Å². The smallest absolute Gasteiger partial charge is 0.115 e. The van der Waals surface area contributed by atoms with Gasteiger partial charge >= 0.3 is 0 Å². The third-order valence-corrected chi connectivity index (χ3v) is 1.53. The molecule has 88 valence electrons. The molecule has 4 heteroatoms. The minimum Gasteiger partial charge on any atom is -0.508 e. The third kappa shape index (κ3) is 7.58. The predicted octanol–water partition coefficient (Wildman–Crippen LogP) is 3.12. The van der Waals surface area contributed by atoms with Gasteiger partial charge in [-0.1, -0.05) is 18.7 Å². The predicted molar refractivity (Wildman–Crippen MR) is 60.8 cm³/mol. The first kappa shape index (κ1) is 14.2. The van der Waals surface area contributed by atoms with E-state index in [1.165, 1.54) is 24.3 Å². The minimum absolute atomic E-state index is 0.0337. The first-order valence-electron chi connectivity index (χ1n) is 4.60. The van der Waals surface area contributed by atoms with Crippen LogP contribution in [0, 0.1) is 0 Å². The zero-order chi connectivity index (χ0) is 12.4. The minimum atomic E-state index is 0.0337. The van der Waals surface area contributed by atoms with Gasteiger partial charge in [-0.2, -0.15) is 4.94 Å². The Labute approximate surface area is 94.0 Å². The van der Waals surface area contributed by atoms with Crippen LogP contribution in [0.15, 0.2) is 48.6 Å². The lowest BCUT2D eigenvalue weighted by Crippen LogP contribution is -1.84. The molecule has 1 rings (SSSR count). The molecular formula is C12H15FO3. The number of phenols is 2. The molecule has 0 radical (unpaired) electrons. The van der Waals surface area contributed by atoms with Gasteiger partial charge in [0.1, 0.15) is 18.1 Å². The number of hydrogen-bond donors (Lipinski definition) is 2. The zero-order valence-corrected chi connectivity index (χ0v) is 9.06. The van der Waals surface area contributed by atoms with E-state index in [4.69, 9.17) is 10.2 Å². The van der Waals surface area contributed by atoms with Crippen LogP contribution in [0.5, 0.6) is 11.5 Å². The van der Waals surface area contributed by atoms with Crippen LogP contribution in [-0.2, 0) is 4.94 Å². The van der Waals surface area contributed by atoms with E-state index in [-0.39, 0.29) is 18.1 Å². The van der Waals surface area contributed by atoms with Gasteiger partial charge in [-0.05, 0) is 41.3 Å². The number of aromatic hydroxyl groups is 2. The molecule has 3 nitrogen and oxygen atoms in total. The Morgan fingerprint density at radius 3 is 2.06 bits per heavy atom. The van der Waals surface area contributed by atoms with Crippen molar-refractivity contribution < 1.29 is 19.7 Å². The fourth-order valence-corrected chi connectivity index (χ4v) is 0.788. The molecule has 1 aromatic rings. The first-order chi connectivity index (χ1) is 7.60. The maximum absolute atomic E-state index is 11.0. The van der Waals surface area contributed by atoms with Crippen LogP contribution < -0.4 is 0 Å². The Bertz CT molecular complexity index is 310. The Hall–Kier alpha value is -1.81. The molecule has 0 bridgehead atoms. The average molecular weight is 226 g/mol. The lowest BCUT2D eigenvalue weighted by atomic mass is 10.3. The summed E-state index contributed by atoms with van der Waals surface area (Å²) < 4.78 is 11.0. The molecule has 0 fully saturated rings. The highest BCUT2D eigenvalue weighted by molar-refractivity contribution is 5.28. The Balaban J connectivity index is 0.000000281. The van der Waals surface area contributed by atoms with Crippen LogP contribution in [0.25, 0.3) is 0 Å². The van der Waals surface area contributed by atoms with Gasteiger partial charge < -0.3 is 10.2 Å². The van der Waals surface area contributed by atoms with Crippen LogP contribution in [0.3, 0.4) is 0 Å². The molecule has 0 aliphatic heterocycles. The van der Waals surface area contributed by atoms with Crippen LogP contribution in [0.4, 0.5) is 4.53 Å². The number of allylic oxidation sites excluding steroid dienone is 2. The van der Waals surface area contributed by atoms with Crippen molar-refractivity contribution in [1.29, 1.82) is 0 Å². The normalized spacial score (nSPS) is 10.2. The van der Waals surface area contributed by atoms with E-state index < -0.39 is 0 Å². The fourth-order valence-electron chi connectivity index (χ4n) is 0.788.